The fourth-order valence-electron chi connectivity index (χ4n) is 2.99. The fourth-order valence-corrected chi connectivity index (χ4v) is 3.40. The van der Waals surface area contributed by atoms with Gasteiger partial charge < -0.3 is 20.1 Å². The molecule has 2 aromatic rings. The third-order valence-corrected chi connectivity index (χ3v) is 4.85. The molecule has 0 aromatic heterocycles. The van der Waals surface area contributed by atoms with Gasteiger partial charge in [-0.3, -0.25) is 4.79 Å². The summed E-state index contributed by atoms with van der Waals surface area (Å²) < 4.78 is 5.21. The van der Waals surface area contributed by atoms with Crippen LogP contribution >= 0.6 is 23.2 Å². The van der Waals surface area contributed by atoms with Crippen LogP contribution < -0.4 is 10.2 Å². The number of rotatable bonds is 12. The molecule has 29 heavy (non-hydrogen) atoms. The Bertz CT molecular complexity index is 733. The summed E-state index contributed by atoms with van der Waals surface area (Å²) in [6, 6.07) is 14.5. The SMILES string of the molecule is CCOC(=O)[C@H](Cc1ccc(O)cc1)NCc1ccc(N(CCCl)CCCl)cc1. The second kappa shape index (κ2) is 12.6. The van der Waals surface area contributed by atoms with Crippen molar-refractivity contribution in [3.63, 3.8) is 0 Å². The van der Waals surface area contributed by atoms with Crippen LogP contribution in [0.25, 0.3) is 0 Å². The molecule has 0 bridgehead atoms. The number of ether oxygens (including phenoxy) is 1. The van der Waals surface area contributed by atoms with Crippen LogP contribution in [0.1, 0.15) is 18.1 Å². The maximum Gasteiger partial charge on any atom is 0.323 e. The first-order chi connectivity index (χ1) is 14.1. The van der Waals surface area contributed by atoms with E-state index in [0.29, 0.717) is 31.3 Å². The number of aromatic hydroxyl groups is 1. The molecule has 0 unspecified atom stereocenters. The molecule has 1 atom stereocenters. The Balaban J connectivity index is 2.01. The van der Waals surface area contributed by atoms with Crippen LogP contribution in [-0.4, -0.2) is 48.6 Å². The van der Waals surface area contributed by atoms with Gasteiger partial charge in [-0.15, -0.1) is 23.2 Å². The second-order valence-corrected chi connectivity index (χ2v) is 7.34. The van der Waals surface area contributed by atoms with E-state index in [1.54, 1.807) is 31.2 Å². The molecule has 0 heterocycles. The average molecular weight is 439 g/mol. The highest BCUT2D eigenvalue weighted by Crippen LogP contribution is 2.16. The highest BCUT2D eigenvalue weighted by Gasteiger charge is 2.20. The lowest BCUT2D eigenvalue weighted by Gasteiger charge is -2.23. The Morgan fingerprint density at radius 3 is 2.17 bits per heavy atom. The van der Waals surface area contributed by atoms with Gasteiger partial charge in [-0.2, -0.15) is 0 Å². The Hall–Kier alpha value is -1.95. The topological polar surface area (TPSA) is 61.8 Å². The van der Waals surface area contributed by atoms with Crippen molar-refractivity contribution in [1.82, 2.24) is 5.32 Å². The van der Waals surface area contributed by atoms with Gasteiger partial charge in [0.25, 0.3) is 0 Å². The molecule has 0 saturated carbocycles. The molecule has 158 valence electrons. The van der Waals surface area contributed by atoms with E-state index in [0.717, 1.165) is 29.9 Å². The van der Waals surface area contributed by atoms with Crippen LogP contribution in [0.5, 0.6) is 5.75 Å². The summed E-state index contributed by atoms with van der Waals surface area (Å²) in [6.45, 7) is 4.14. The van der Waals surface area contributed by atoms with Gasteiger partial charge >= 0.3 is 5.97 Å². The van der Waals surface area contributed by atoms with Crippen LogP contribution in [0.15, 0.2) is 48.5 Å². The van der Waals surface area contributed by atoms with Crippen molar-refractivity contribution in [3.8, 4) is 5.75 Å². The van der Waals surface area contributed by atoms with E-state index < -0.39 is 6.04 Å². The quantitative estimate of drug-likeness (QED) is 0.388. The van der Waals surface area contributed by atoms with Crippen LogP contribution in [0.4, 0.5) is 5.69 Å². The van der Waals surface area contributed by atoms with Crippen LogP contribution in [0.3, 0.4) is 0 Å². The summed E-state index contributed by atoms with van der Waals surface area (Å²) in [5.74, 6) is 0.997. The summed E-state index contributed by atoms with van der Waals surface area (Å²) >= 11 is 11.8. The zero-order chi connectivity index (χ0) is 21.1. The minimum absolute atomic E-state index is 0.201. The molecule has 0 saturated heterocycles. The number of phenols is 1. The minimum atomic E-state index is -0.469. The maximum atomic E-state index is 12.4. The monoisotopic (exact) mass is 438 g/mol. The van der Waals surface area contributed by atoms with Crippen molar-refractivity contribution in [3.05, 3.63) is 59.7 Å². The van der Waals surface area contributed by atoms with E-state index >= 15 is 0 Å². The van der Waals surface area contributed by atoms with Gasteiger partial charge in [-0.25, -0.2) is 0 Å². The highest BCUT2D eigenvalue weighted by atomic mass is 35.5. The van der Waals surface area contributed by atoms with Crippen molar-refractivity contribution in [2.24, 2.45) is 0 Å². The summed E-state index contributed by atoms with van der Waals surface area (Å²) in [4.78, 5) is 14.5. The van der Waals surface area contributed by atoms with Crippen molar-refractivity contribution in [2.45, 2.75) is 25.9 Å². The Morgan fingerprint density at radius 2 is 1.62 bits per heavy atom. The van der Waals surface area contributed by atoms with Crippen molar-refractivity contribution >= 4 is 34.9 Å². The number of esters is 1. The number of hydrogen-bond donors (Lipinski definition) is 2. The molecule has 0 spiro atoms. The highest BCUT2D eigenvalue weighted by molar-refractivity contribution is 6.18. The summed E-state index contributed by atoms with van der Waals surface area (Å²) in [7, 11) is 0. The zero-order valence-corrected chi connectivity index (χ0v) is 18.1. The molecule has 0 radical (unpaired) electrons. The molecule has 0 aliphatic rings. The van der Waals surface area contributed by atoms with Gasteiger partial charge in [-0.1, -0.05) is 24.3 Å². The first-order valence-corrected chi connectivity index (χ1v) is 10.8. The number of benzene rings is 2. The molecule has 7 heteroatoms. The lowest BCUT2D eigenvalue weighted by atomic mass is 10.1. The average Bonchev–Trinajstić information content (AvgIpc) is 2.73. The largest absolute Gasteiger partial charge is 0.508 e. The molecule has 2 rings (SSSR count). The standard InChI is InChI=1S/C22H28Cl2N2O3/c1-2-29-22(28)21(15-17-5-9-20(27)10-6-17)25-16-18-3-7-19(8-4-18)26(13-11-23)14-12-24/h3-10,21,25,27H,2,11-16H2,1H3/t21-/m0/s1. The maximum absolute atomic E-state index is 12.4. The predicted molar refractivity (Wildman–Crippen MR) is 119 cm³/mol. The van der Waals surface area contributed by atoms with E-state index in [9.17, 15) is 9.90 Å². The molecular weight excluding hydrogens is 411 g/mol. The molecule has 2 aromatic carbocycles. The summed E-state index contributed by atoms with van der Waals surface area (Å²) in [6.07, 6.45) is 0.483. The van der Waals surface area contributed by atoms with Crippen molar-refractivity contribution < 1.29 is 14.6 Å². The summed E-state index contributed by atoms with van der Waals surface area (Å²) in [5.41, 5.74) is 3.08. The van der Waals surface area contributed by atoms with E-state index in [2.05, 4.69) is 10.2 Å². The van der Waals surface area contributed by atoms with Gasteiger partial charge in [0.2, 0.25) is 0 Å². The van der Waals surface area contributed by atoms with Gasteiger partial charge in [0.05, 0.1) is 6.61 Å². The number of alkyl halides is 2. The van der Waals surface area contributed by atoms with Crippen LogP contribution in [-0.2, 0) is 22.5 Å². The number of nitrogens with zero attached hydrogens (tertiary/aromatic N) is 1. The van der Waals surface area contributed by atoms with Crippen molar-refractivity contribution in [2.75, 3.05) is 36.4 Å². The number of phenolic OH excluding ortho intramolecular Hbond substituents is 1. The molecule has 5 nitrogen and oxygen atoms in total. The summed E-state index contributed by atoms with van der Waals surface area (Å²) in [5, 5.41) is 12.7. The Labute approximate surface area is 182 Å². The molecule has 0 fully saturated rings. The van der Waals surface area contributed by atoms with Gasteiger partial charge in [-0.05, 0) is 48.7 Å². The second-order valence-electron chi connectivity index (χ2n) is 6.59. The van der Waals surface area contributed by atoms with Gasteiger partial charge in [0.1, 0.15) is 11.8 Å². The van der Waals surface area contributed by atoms with E-state index in [1.165, 1.54) is 0 Å². The van der Waals surface area contributed by atoms with Crippen molar-refractivity contribution in [1.29, 1.82) is 0 Å². The molecule has 0 amide bonds. The predicted octanol–water partition coefficient (Wildman–Crippen LogP) is 3.94. The first kappa shape index (κ1) is 23.3. The minimum Gasteiger partial charge on any atom is -0.508 e. The normalized spacial score (nSPS) is 11.8. The lowest BCUT2D eigenvalue weighted by molar-refractivity contribution is -0.145. The van der Waals surface area contributed by atoms with E-state index in [1.807, 2.05) is 24.3 Å². The molecule has 2 N–H and O–H groups in total. The fraction of sp³-hybridized carbons (Fsp3) is 0.409. The Morgan fingerprint density at radius 1 is 1.03 bits per heavy atom. The zero-order valence-electron chi connectivity index (χ0n) is 16.6. The lowest BCUT2D eigenvalue weighted by Crippen LogP contribution is -2.39. The number of carbonyl (C=O) groups excluding carboxylic acids is 1. The first-order valence-electron chi connectivity index (χ1n) is 9.71. The van der Waals surface area contributed by atoms with Crippen LogP contribution in [0, 0.1) is 0 Å². The molecule has 0 aliphatic carbocycles. The van der Waals surface area contributed by atoms with E-state index in [4.69, 9.17) is 27.9 Å². The number of hydrogen-bond acceptors (Lipinski definition) is 5. The number of carbonyl (C=O) groups is 1. The molecular formula is C22H28Cl2N2O3. The smallest absolute Gasteiger partial charge is 0.323 e. The third-order valence-electron chi connectivity index (χ3n) is 4.51. The van der Waals surface area contributed by atoms with Gasteiger partial charge in [0, 0.05) is 37.1 Å². The van der Waals surface area contributed by atoms with Gasteiger partial charge in [0.15, 0.2) is 0 Å². The third kappa shape index (κ3) is 7.77. The molecule has 0 aliphatic heterocycles. The Kier molecular flexibility index (Phi) is 10.1. The number of nitrogens with one attached hydrogen (secondary N) is 1. The van der Waals surface area contributed by atoms with E-state index in [-0.39, 0.29) is 11.7 Å². The van der Waals surface area contributed by atoms with Crippen LogP contribution in [0.2, 0.25) is 0 Å². The number of anilines is 1. The number of halogens is 2.